The third kappa shape index (κ3) is 8.42. The number of aliphatic hydroxyl groups excluding tert-OH is 2. The number of hydrogen-bond acceptors (Lipinski definition) is 11. The highest BCUT2D eigenvalue weighted by Crippen LogP contribution is 2.34. The van der Waals surface area contributed by atoms with Crippen LogP contribution in [0.25, 0.3) is 0 Å². The number of phenolic OH excluding ortho intramolecular Hbond substituents is 1. The number of rotatable bonds is 13. The van der Waals surface area contributed by atoms with Crippen molar-refractivity contribution in [1.29, 1.82) is 0 Å². The second-order valence-electron chi connectivity index (χ2n) is 9.41. The van der Waals surface area contributed by atoms with Crippen LogP contribution in [0.4, 0.5) is 0 Å². The van der Waals surface area contributed by atoms with Gasteiger partial charge in [-0.1, -0.05) is 32.1 Å². The molecule has 1 fully saturated rings. The van der Waals surface area contributed by atoms with Crippen LogP contribution in [0.1, 0.15) is 59.0 Å². The smallest absolute Gasteiger partial charge is 0.306 e. The van der Waals surface area contributed by atoms with Crippen LogP contribution in [0.15, 0.2) is 54.3 Å². The summed E-state index contributed by atoms with van der Waals surface area (Å²) in [6.45, 7) is 2.19. The van der Waals surface area contributed by atoms with Gasteiger partial charge in [0.15, 0.2) is 11.9 Å². The molecular formula is C30H38O11. The van der Waals surface area contributed by atoms with Crippen molar-refractivity contribution in [2.45, 2.75) is 76.6 Å². The molecule has 0 radical (unpaired) electrons. The molecule has 1 heterocycles. The van der Waals surface area contributed by atoms with Gasteiger partial charge in [-0.2, -0.15) is 0 Å². The molecule has 1 saturated heterocycles. The molecule has 1 aliphatic carbocycles. The summed E-state index contributed by atoms with van der Waals surface area (Å²) in [4.78, 5) is 38.4. The minimum absolute atomic E-state index is 0.100. The number of hydrogen-bond donors (Lipinski definition) is 3. The molecule has 0 amide bonds. The summed E-state index contributed by atoms with van der Waals surface area (Å²) in [6, 6.07) is 4.05. The highest BCUT2D eigenvalue weighted by Gasteiger charge is 2.51. The minimum Gasteiger partial charge on any atom is -0.507 e. The van der Waals surface area contributed by atoms with Gasteiger partial charge < -0.3 is 39.0 Å². The molecule has 11 nitrogen and oxygen atoms in total. The Morgan fingerprint density at radius 3 is 2.39 bits per heavy atom. The standard InChI is InChI=1S/C30H38O11/c1-4-7-24(34)40-28-27(36)23(17-31)39-30(29(28)41-25(35)8-5-2)38-22-10-6-9-20(32)26(22)21(33)16-13-18-11-14-19(37-3)15-12-18/h6,9-11,13-16,18,23,27-32,36H,4-5,7-8,12,17H2,1-3H3/t18?,23-,27-,28+,29-,30?/m1/s1/i4D,5D/t4?,5?,18?,23-,27-,28+,29-,30?. The van der Waals surface area contributed by atoms with Gasteiger partial charge >= 0.3 is 11.9 Å². The molecule has 0 saturated carbocycles. The van der Waals surface area contributed by atoms with E-state index in [0.717, 1.165) is 0 Å². The van der Waals surface area contributed by atoms with Crippen molar-refractivity contribution in [2.24, 2.45) is 5.92 Å². The summed E-state index contributed by atoms with van der Waals surface area (Å²) in [5.74, 6) is -2.34. The van der Waals surface area contributed by atoms with E-state index >= 15 is 0 Å². The number of benzene rings is 1. The van der Waals surface area contributed by atoms with E-state index in [1.54, 1.807) is 19.3 Å². The Balaban J connectivity index is 1.93. The quantitative estimate of drug-likeness (QED) is 0.180. The van der Waals surface area contributed by atoms with Crippen LogP contribution in [-0.2, 0) is 28.5 Å². The van der Waals surface area contributed by atoms with Crippen LogP contribution in [0.5, 0.6) is 11.5 Å². The average Bonchev–Trinajstić information content (AvgIpc) is 2.94. The Bertz CT molecular complexity index is 1230. The molecule has 1 aliphatic heterocycles. The highest BCUT2D eigenvalue weighted by molar-refractivity contribution is 6.08. The van der Waals surface area contributed by atoms with E-state index in [1.807, 2.05) is 12.2 Å². The Hall–Kier alpha value is -3.67. The van der Waals surface area contributed by atoms with Crippen LogP contribution in [0.3, 0.4) is 0 Å². The van der Waals surface area contributed by atoms with Gasteiger partial charge in [0, 0.05) is 15.6 Å². The number of phenols is 1. The lowest BCUT2D eigenvalue weighted by atomic mass is 9.97. The number of ketones is 1. The monoisotopic (exact) mass is 576 g/mol. The van der Waals surface area contributed by atoms with Crippen molar-refractivity contribution in [2.75, 3.05) is 13.7 Å². The molecule has 0 bridgehead atoms. The molecule has 8 atom stereocenters. The second-order valence-corrected chi connectivity index (χ2v) is 9.41. The molecule has 0 spiro atoms. The fourth-order valence-corrected chi connectivity index (χ4v) is 4.33. The molecule has 41 heavy (non-hydrogen) atoms. The maximum atomic E-state index is 13.3. The largest absolute Gasteiger partial charge is 0.507 e. The SMILES string of the molecule is [2H]C(C)CC(=O)O[C@H]1[C@H](O)[C@@H](CO)OC(Oc2cccc(O)c2C(=O)C=CC2C=CC(OC)=CC2)[C@@H]1OC(=O)CC([2H])C. The molecule has 3 rings (SSSR count). The second kappa shape index (κ2) is 15.4. The van der Waals surface area contributed by atoms with Crippen LogP contribution < -0.4 is 4.74 Å². The van der Waals surface area contributed by atoms with Gasteiger partial charge in [0.05, 0.1) is 13.7 Å². The lowest BCUT2D eigenvalue weighted by Gasteiger charge is -2.42. The van der Waals surface area contributed by atoms with E-state index in [4.69, 9.17) is 26.4 Å². The number of ether oxygens (including phenoxy) is 5. The van der Waals surface area contributed by atoms with Gasteiger partial charge in [0.25, 0.3) is 0 Å². The maximum Gasteiger partial charge on any atom is 0.306 e. The van der Waals surface area contributed by atoms with Crippen molar-refractivity contribution >= 4 is 17.7 Å². The topological polar surface area (TPSA) is 158 Å². The van der Waals surface area contributed by atoms with Crippen molar-refractivity contribution in [3.05, 3.63) is 59.9 Å². The van der Waals surface area contributed by atoms with E-state index in [9.17, 15) is 29.7 Å². The number of carbonyl (C=O) groups is 3. The molecule has 4 unspecified atom stereocenters. The molecule has 1 aromatic carbocycles. The lowest BCUT2D eigenvalue weighted by molar-refractivity contribution is -0.285. The summed E-state index contributed by atoms with van der Waals surface area (Å²) in [7, 11) is 1.56. The predicted octanol–water partition coefficient (Wildman–Crippen LogP) is 3.12. The summed E-state index contributed by atoms with van der Waals surface area (Å²) in [6.07, 6.45) is -1.15. The van der Waals surface area contributed by atoms with Crippen LogP contribution in [0.2, 0.25) is 0 Å². The number of allylic oxidation sites excluding steroid dienone is 5. The van der Waals surface area contributed by atoms with Crippen LogP contribution in [0, 0.1) is 5.92 Å². The zero-order valence-corrected chi connectivity index (χ0v) is 23.2. The minimum atomic E-state index is -1.66. The van der Waals surface area contributed by atoms with Crippen molar-refractivity contribution < 1.29 is 56.1 Å². The summed E-state index contributed by atoms with van der Waals surface area (Å²) >= 11 is 0. The first-order valence-electron chi connectivity index (χ1n) is 14.4. The van der Waals surface area contributed by atoms with E-state index in [1.165, 1.54) is 38.1 Å². The van der Waals surface area contributed by atoms with Crippen LogP contribution in [-0.4, -0.2) is 77.5 Å². The van der Waals surface area contributed by atoms with Gasteiger partial charge in [-0.25, -0.2) is 0 Å². The fraction of sp³-hybridized carbons (Fsp3) is 0.500. The summed E-state index contributed by atoms with van der Waals surface area (Å²) < 4.78 is 43.1. The first kappa shape index (κ1) is 28.8. The lowest BCUT2D eigenvalue weighted by Crippen LogP contribution is -2.62. The number of aliphatic hydroxyl groups is 2. The van der Waals surface area contributed by atoms with Gasteiger partial charge in [-0.3, -0.25) is 14.4 Å². The molecule has 2 aliphatic rings. The summed E-state index contributed by atoms with van der Waals surface area (Å²) in [5.41, 5.74) is -0.233. The molecule has 1 aromatic rings. The van der Waals surface area contributed by atoms with Crippen molar-refractivity contribution in [3.8, 4) is 11.5 Å². The third-order valence-electron chi connectivity index (χ3n) is 6.40. The van der Waals surface area contributed by atoms with Crippen molar-refractivity contribution in [3.63, 3.8) is 0 Å². The first-order chi connectivity index (χ1) is 20.4. The molecule has 11 heteroatoms. The normalized spacial score (nSPS) is 28.1. The first-order valence-corrected chi connectivity index (χ1v) is 13.2. The maximum absolute atomic E-state index is 13.3. The number of methoxy groups -OCH3 is 1. The van der Waals surface area contributed by atoms with Gasteiger partial charge in [0.1, 0.15) is 35.0 Å². The molecule has 3 N–H and O–H groups in total. The van der Waals surface area contributed by atoms with E-state index in [-0.39, 0.29) is 30.1 Å². The Labute approximate surface area is 241 Å². The highest BCUT2D eigenvalue weighted by atomic mass is 16.7. The van der Waals surface area contributed by atoms with Crippen molar-refractivity contribution in [1.82, 2.24) is 0 Å². The number of aromatic hydroxyl groups is 1. The van der Waals surface area contributed by atoms with Gasteiger partial charge in [-0.15, -0.1) is 0 Å². The Morgan fingerprint density at radius 1 is 1.12 bits per heavy atom. The third-order valence-corrected chi connectivity index (χ3v) is 6.40. The Morgan fingerprint density at radius 2 is 1.80 bits per heavy atom. The van der Waals surface area contributed by atoms with E-state index < -0.39 is 73.6 Å². The predicted molar refractivity (Wildman–Crippen MR) is 146 cm³/mol. The van der Waals surface area contributed by atoms with E-state index in [2.05, 4.69) is 0 Å². The average molecular weight is 577 g/mol. The van der Waals surface area contributed by atoms with E-state index in [0.29, 0.717) is 12.2 Å². The zero-order valence-electron chi connectivity index (χ0n) is 25.2. The van der Waals surface area contributed by atoms with Gasteiger partial charge in [0.2, 0.25) is 12.4 Å². The van der Waals surface area contributed by atoms with Crippen LogP contribution >= 0.6 is 0 Å². The number of carbonyl (C=O) groups excluding carboxylic acids is 3. The Kier molecular flexibility index (Phi) is 10.8. The molecule has 0 aromatic heterocycles. The molecular weight excluding hydrogens is 536 g/mol. The summed E-state index contributed by atoms with van der Waals surface area (Å²) in [5, 5.41) is 31.3. The fourth-order valence-electron chi connectivity index (χ4n) is 4.33. The van der Waals surface area contributed by atoms with Gasteiger partial charge in [-0.05, 0) is 55.5 Å². The zero-order chi connectivity index (χ0) is 31.7. The number of esters is 2. The molecule has 224 valence electrons.